The summed E-state index contributed by atoms with van der Waals surface area (Å²) in [5.41, 5.74) is 0.190. The molecule has 7 heteroatoms. The Balaban J connectivity index is 1.91. The summed E-state index contributed by atoms with van der Waals surface area (Å²) >= 11 is 1.60. The number of alkyl halides is 3. The van der Waals surface area contributed by atoms with Crippen LogP contribution in [0.4, 0.5) is 18.9 Å². The minimum absolute atomic E-state index is 0.108. The van der Waals surface area contributed by atoms with E-state index in [-0.39, 0.29) is 16.8 Å². The van der Waals surface area contributed by atoms with Crippen LogP contribution in [0.2, 0.25) is 0 Å². The van der Waals surface area contributed by atoms with Crippen molar-refractivity contribution in [3.63, 3.8) is 0 Å². The van der Waals surface area contributed by atoms with Gasteiger partial charge in [0.25, 0.3) is 0 Å². The topological polar surface area (TPSA) is 33.5 Å². The summed E-state index contributed by atoms with van der Waals surface area (Å²) in [5.74, 6) is 0.785. The number of thioether (sulfide) groups is 1. The third-order valence-electron chi connectivity index (χ3n) is 4.07. The maximum absolute atomic E-state index is 13.0. The van der Waals surface area contributed by atoms with Crippen LogP contribution in [0.25, 0.3) is 22.3 Å². The summed E-state index contributed by atoms with van der Waals surface area (Å²) in [6.45, 7) is 0. The molecule has 26 heavy (non-hydrogen) atoms. The van der Waals surface area contributed by atoms with Gasteiger partial charge in [0.2, 0.25) is 0 Å². The minimum Gasteiger partial charge on any atom is -0.454 e. The van der Waals surface area contributed by atoms with Crippen LogP contribution in [0.5, 0.6) is 0 Å². The molecule has 3 nitrogen and oxygen atoms in total. The molecule has 1 aliphatic heterocycles. The number of hydrogen-bond donors (Lipinski definition) is 0. The van der Waals surface area contributed by atoms with Gasteiger partial charge < -0.3 is 9.32 Å². The van der Waals surface area contributed by atoms with Crippen LogP contribution < -0.4 is 10.3 Å². The summed E-state index contributed by atoms with van der Waals surface area (Å²) in [7, 11) is 0. The van der Waals surface area contributed by atoms with E-state index in [4.69, 9.17) is 4.42 Å². The van der Waals surface area contributed by atoms with Crippen molar-refractivity contribution in [3.05, 3.63) is 75.9 Å². The van der Waals surface area contributed by atoms with Crippen LogP contribution in [-0.2, 0) is 6.18 Å². The molecular weight excluding hydrogens is 363 g/mol. The smallest absolute Gasteiger partial charge is 0.416 e. The highest BCUT2D eigenvalue weighted by atomic mass is 32.2. The molecule has 1 aliphatic rings. The van der Waals surface area contributed by atoms with Crippen LogP contribution in [0, 0.1) is 0 Å². The van der Waals surface area contributed by atoms with E-state index in [2.05, 4.69) is 0 Å². The lowest BCUT2D eigenvalue weighted by Crippen LogP contribution is -2.12. The molecule has 0 bridgehead atoms. The average molecular weight is 375 g/mol. The van der Waals surface area contributed by atoms with E-state index in [1.165, 1.54) is 18.2 Å². The lowest BCUT2D eigenvalue weighted by Gasteiger charge is -2.16. The van der Waals surface area contributed by atoms with Crippen LogP contribution in [0.15, 0.2) is 69.4 Å². The zero-order valence-corrected chi connectivity index (χ0v) is 14.1. The fourth-order valence-electron chi connectivity index (χ4n) is 2.81. The number of benzene rings is 2. The Bertz CT molecular complexity index is 1070. The fraction of sp³-hybridized carbons (Fsp3) is 0.105. The second-order valence-electron chi connectivity index (χ2n) is 5.76. The first-order valence-electron chi connectivity index (χ1n) is 7.73. The number of anilines is 1. The minimum atomic E-state index is -4.46. The largest absolute Gasteiger partial charge is 0.454 e. The highest BCUT2D eigenvalue weighted by Gasteiger charge is 2.30. The normalized spacial score (nSPS) is 14.3. The van der Waals surface area contributed by atoms with E-state index in [1.807, 2.05) is 22.6 Å². The number of hydrogen-bond acceptors (Lipinski definition) is 4. The van der Waals surface area contributed by atoms with Crippen LogP contribution >= 0.6 is 11.8 Å². The zero-order chi connectivity index (χ0) is 18.3. The summed E-state index contributed by atoms with van der Waals surface area (Å²) in [6.07, 6.45) is -2.59. The number of rotatable bonds is 2. The van der Waals surface area contributed by atoms with Crippen molar-refractivity contribution in [2.75, 3.05) is 10.8 Å². The van der Waals surface area contributed by atoms with E-state index in [1.54, 1.807) is 23.9 Å². The number of fused-ring (bicyclic) bond motifs is 1. The van der Waals surface area contributed by atoms with Gasteiger partial charge in [0.05, 0.1) is 22.5 Å². The van der Waals surface area contributed by atoms with E-state index < -0.39 is 11.7 Å². The van der Waals surface area contributed by atoms with Crippen LogP contribution in [0.1, 0.15) is 5.56 Å². The number of nitrogens with zero attached hydrogens (tertiary/aromatic N) is 1. The first kappa shape index (κ1) is 16.8. The van der Waals surface area contributed by atoms with Crippen LogP contribution in [0.3, 0.4) is 0 Å². The van der Waals surface area contributed by atoms with Crippen molar-refractivity contribution >= 4 is 28.4 Å². The van der Waals surface area contributed by atoms with Gasteiger partial charge in [-0.1, -0.05) is 18.2 Å². The Hall–Kier alpha value is -2.67. The molecule has 2 heterocycles. The molecule has 4 rings (SSSR count). The van der Waals surface area contributed by atoms with Gasteiger partial charge in [-0.15, -0.1) is 11.8 Å². The molecule has 2 aromatic carbocycles. The van der Waals surface area contributed by atoms with Crippen molar-refractivity contribution in [1.29, 1.82) is 0 Å². The van der Waals surface area contributed by atoms with Gasteiger partial charge in [0.15, 0.2) is 11.0 Å². The molecule has 0 saturated carbocycles. The van der Waals surface area contributed by atoms with Gasteiger partial charge in [-0.25, -0.2) is 0 Å². The van der Waals surface area contributed by atoms with Gasteiger partial charge in [0.1, 0.15) is 5.76 Å². The van der Waals surface area contributed by atoms with Gasteiger partial charge in [-0.2, -0.15) is 13.2 Å². The van der Waals surface area contributed by atoms with Gasteiger partial charge >= 0.3 is 6.18 Å². The Kier molecular flexibility index (Phi) is 4.03. The molecular formula is C19H12F3NO2S. The van der Waals surface area contributed by atoms with Crippen molar-refractivity contribution < 1.29 is 17.6 Å². The van der Waals surface area contributed by atoms with Crippen LogP contribution in [-0.4, -0.2) is 5.88 Å². The fourth-order valence-corrected chi connectivity index (χ4v) is 3.52. The lowest BCUT2D eigenvalue weighted by atomic mass is 10.1. The SMILES string of the molecule is O=c1cc(-c2cccc(C(F)(F)F)c2)oc2c(N3C=CSC3)cccc12. The highest BCUT2D eigenvalue weighted by Crippen LogP contribution is 2.35. The molecule has 0 fully saturated rings. The number of para-hydroxylation sites is 1. The van der Waals surface area contributed by atoms with Gasteiger partial charge in [-0.3, -0.25) is 4.79 Å². The molecule has 0 unspecified atom stereocenters. The highest BCUT2D eigenvalue weighted by molar-refractivity contribution is 8.02. The maximum atomic E-state index is 13.0. The standard InChI is InChI=1S/C19H12F3NO2S/c20-19(21,22)13-4-1-3-12(9-13)17-10-16(24)14-5-2-6-15(18(14)25-17)23-7-8-26-11-23/h1-10H,11H2. The first-order chi connectivity index (χ1) is 12.4. The predicted molar refractivity (Wildman–Crippen MR) is 97.0 cm³/mol. The third kappa shape index (κ3) is 2.99. The average Bonchev–Trinajstić information content (AvgIpc) is 3.15. The molecule has 1 aromatic heterocycles. The first-order valence-corrected chi connectivity index (χ1v) is 8.78. The second kappa shape index (κ2) is 6.25. The zero-order valence-electron chi connectivity index (χ0n) is 13.3. The summed E-state index contributed by atoms with van der Waals surface area (Å²) in [6, 6.07) is 11.2. The molecule has 0 aliphatic carbocycles. The Morgan fingerprint density at radius 3 is 2.62 bits per heavy atom. The predicted octanol–water partition coefficient (Wildman–Crippen LogP) is 5.46. The monoisotopic (exact) mass is 375 g/mol. The van der Waals surface area contributed by atoms with E-state index in [0.29, 0.717) is 22.5 Å². The molecule has 0 N–H and O–H groups in total. The summed E-state index contributed by atoms with van der Waals surface area (Å²) in [4.78, 5) is 14.4. The van der Waals surface area contributed by atoms with Crippen molar-refractivity contribution in [3.8, 4) is 11.3 Å². The molecule has 0 spiro atoms. The Morgan fingerprint density at radius 2 is 1.88 bits per heavy atom. The van der Waals surface area contributed by atoms with E-state index in [9.17, 15) is 18.0 Å². The quantitative estimate of drug-likeness (QED) is 0.595. The van der Waals surface area contributed by atoms with Gasteiger partial charge in [-0.05, 0) is 29.7 Å². The van der Waals surface area contributed by atoms with Crippen molar-refractivity contribution in [2.45, 2.75) is 6.18 Å². The molecule has 0 saturated heterocycles. The maximum Gasteiger partial charge on any atom is 0.416 e. The van der Waals surface area contributed by atoms with Crippen molar-refractivity contribution in [1.82, 2.24) is 0 Å². The molecule has 0 amide bonds. The molecule has 0 atom stereocenters. The summed E-state index contributed by atoms with van der Waals surface area (Å²) in [5, 5.41) is 2.32. The molecule has 132 valence electrons. The Morgan fingerprint density at radius 1 is 1.08 bits per heavy atom. The van der Waals surface area contributed by atoms with Gasteiger partial charge in [0, 0.05) is 17.8 Å². The second-order valence-corrected chi connectivity index (χ2v) is 6.62. The van der Waals surface area contributed by atoms with Crippen molar-refractivity contribution in [2.24, 2.45) is 0 Å². The summed E-state index contributed by atoms with van der Waals surface area (Å²) < 4.78 is 44.8. The lowest BCUT2D eigenvalue weighted by molar-refractivity contribution is -0.137. The molecule has 0 radical (unpaired) electrons. The molecule has 3 aromatic rings. The Labute approximate surface area is 150 Å². The number of halogens is 3. The third-order valence-corrected chi connectivity index (χ3v) is 4.81. The van der Waals surface area contributed by atoms with E-state index in [0.717, 1.165) is 12.1 Å². The van der Waals surface area contributed by atoms with E-state index >= 15 is 0 Å².